The SMILES string of the molecule is c1ccc(N(c2ccccc2)c2cccc3oc4c(-n5c6ccccc6c6ccccc65)ccc(N(c5ccccc5)c5ccccc5)c4c23)cc1. The normalized spacial score (nSPS) is 11.5. The first kappa shape index (κ1) is 29.8. The van der Waals surface area contributed by atoms with Gasteiger partial charge in [-0.05, 0) is 84.9 Å². The third-order valence-corrected chi connectivity index (χ3v) is 9.94. The lowest BCUT2D eigenvalue weighted by atomic mass is 10.0. The van der Waals surface area contributed by atoms with E-state index in [0.29, 0.717) is 0 Å². The van der Waals surface area contributed by atoms with Crippen molar-refractivity contribution in [1.82, 2.24) is 4.57 Å². The van der Waals surface area contributed by atoms with E-state index in [2.05, 4.69) is 215 Å². The van der Waals surface area contributed by atoms with Crippen molar-refractivity contribution < 1.29 is 4.42 Å². The lowest BCUT2D eigenvalue weighted by Gasteiger charge is -2.28. The number of aromatic nitrogens is 1. The second-order valence-electron chi connectivity index (χ2n) is 12.9. The number of benzene rings is 8. The summed E-state index contributed by atoms with van der Waals surface area (Å²) in [5, 5.41) is 4.50. The van der Waals surface area contributed by atoms with E-state index in [-0.39, 0.29) is 0 Å². The highest BCUT2D eigenvalue weighted by molar-refractivity contribution is 6.21. The Labute approximate surface area is 301 Å². The van der Waals surface area contributed by atoms with Gasteiger partial charge in [-0.15, -0.1) is 0 Å². The first-order valence-corrected chi connectivity index (χ1v) is 17.6. The summed E-state index contributed by atoms with van der Waals surface area (Å²) in [6.45, 7) is 0. The molecule has 4 heteroatoms. The van der Waals surface area contributed by atoms with E-state index in [1.807, 2.05) is 0 Å². The predicted molar refractivity (Wildman–Crippen MR) is 217 cm³/mol. The van der Waals surface area contributed by atoms with E-state index >= 15 is 0 Å². The number of anilines is 6. The topological polar surface area (TPSA) is 24.6 Å². The predicted octanol–water partition coefficient (Wildman–Crippen LogP) is 13.6. The van der Waals surface area contributed by atoms with Gasteiger partial charge in [0.1, 0.15) is 5.58 Å². The van der Waals surface area contributed by atoms with Crippen molar-refractivity contribution in [3.8, 4) is 5.69 Å². The van der Waals surface area contributed by atoms with Crippen LogP contribution in [0.5, 0.6) is 0 Å². The lowest BCUT2D eigenvalue weighted by molar-refractivity contribution is 0.666. The summed E-state index contributed by atoms with van der Waals surface area (Å²) in [5.74, 6) is 0. The summed E-state index contributed by atoms with van der Waals surface area (Å²) in [6.07, 6.45) is 0. The van der Waals surface area contributed by atoms with Crippen LogP contribution in [0.4, 0.5) is 34.1 Å². The first-order valence-electron chi connectivity index (χ1n) is 17.6. The summed E-state index contributed by atoms with van der Waals surface area (Å²) in [7, 11) is 0. The van der Waals surface area contributed by atoms with Crippen LogP contribution in [0.2, 0.25) is 0 Å². The molecule has 52 heavy (non-hydrogen) atoms. The number of furan rings is 1. The molecule has 0 spiro atoms. The zero-order chi connectivity index (χ0) is 34.4. The van der Waals surface area contributed by atoms with Gasteiger partial charge in [-0.1, -0.05) is 115 Å². The number of fused-ring (bicyclic) bond motifs is 6. The van der Waals surface area contributed by atoms with Gasteiger partial charge >= 0.3 is 0 Å². The van der Waals surface area contributed by atoms with Crippen LogP contribution in [0, 0.1) is 0 Å². The standard InChI is InChI=1S/C48H33N3O/c1-5-18-34(19-6-1)49(35-20-7-2-8-21-35)42-30-17-31-45-46(42)47-43(50(36-22-9-3-10-23-36)37-24-11-4-12-25-37)32-33-44(48(47)52-45)51-40-28-15-13-26-38(40)39-27-14-16-29-41(39)51/h1-33H. The molecule has 10 rings (SSSR count). The van der Waals surface area contributed by atoms with Crippen LogP contribution in [0.3, 0.4) is 0 Å². The Bertz CT molecular complexity index is 2710. The van der Waals surface area contributed by atoms with E-state index in [9.17, 15) is 0 Å². The molecular formula is C48H33N3O. The quantitative estimate of drug-likeness (QED) is 0.169. The van der Waals surface area contributed by atoms with E-state index in [1.165, 1.54) is 10.8 Å². The van der Waals surface area contributed by atoms with E-state index in [1.54, 1.807) is 0 Å². The molecule has 0 aliphatic heterocycles. The average molecular weight is 668 g/mol. The number of hydrogen-bond acceptors (Lipinski definition) is 3. The molecule has 0 saturated carbocycles. The van der Waals surface area contributed by atoms with Crippen LogP contribution >= 0.6 is 0 Å². The summed E-state index contributed by atoms with van der Waals surface area (Å²) in [5.41, 5.74) is 11.2. The zero-order valence-corrected chi connectivity index (χ0v) is 28.3. The molecule has 0 bridgehead atoms. The van der Waals surface area contributed by atoms with Gasteiger partial charge in [0.15, 0.2) is 5.58 Å². The number of rotatable bonds is 7. The van der Waals surface area contributed by atoms with Crippen LogP contribution in [-0.4, -0.2) is 4.57 Å². The molecule has 0 aliphatic rings. The van der Waals surface area contributed by atoms with Gasteiger partial charge in [-0.25, -0.2) is 0 Å². The van der Waals surface area contributed by atoms with Gasteiger partial charge in [0.2, 0.25) is 0 Å². The Morgan fingerprint density at radius 2 is 0.769 bits per heavy atom. The minimum absolute atomic E-state index is 0.819. The second kappa shape index (κ2) is 12.4. The average Bonchev–Trinajstić information content (AvgIpc) is 3.77. The smallest absolute Gasteiger partial charge is 0.161 e. The third kappa shape index (κ3) is 4.77. The van der Waals surface area contributed by atoms with Crippen molar-refractivity contribution in [2.24, 2.45) is 0 Å². The fourth-order valence-corrected chi connectivity index (χ4v) is 7.77. The molecule has 0 unspecified atom stereocenters. The van der Waals surface area contributed by atoms with Crippen molar-refractivity contribution >= 4 is 77.9 Å². The van der Waals surface area contributed by atoms with Crippen LogP contribution in [-0.2, 0) is 0 Å². The highest BCUT2D eigenvalue weighted by atomic mass is 16.3. The summed E-state index contributed by atoms with van der Waals surface area (Å²) >= 11 is 0. The Kier molecular flexibility index (Phi) is 7.10. The summed E-state index contributed by atoms with van der Waals surface area (Å²) in [6, 6.07) is 70.6. The first-order chi connectivity index (χ1) is 25.8. The van der Waals surface area contributed by atoms with Gasteiger partial charge in [0.05, 0.1) is 38.9 Å². The molecule has 8 aromatic carbocycles. The van der Waals surface area contributed by atoms with Crippen molar-refractivity contribution in [2.45, 2.75) is 0 Å². The largest absolute Gasteiger partial charge is 0.454 e. The highest BCUT2D eigenvalue weighted by Crippen LogP contribution is 2.50. The van der Waals surface area contributed by atoms with E-state index in [4.69, 9.17) is 4.42 Å². The van der Waals surface area contributed by atoms with Crippen molar-refractivity contribution in [3.63, 3.8) is 0 Å². The molecular weight excluding hydrogens is 635 g/mol. The number of hydrogen-bond donors (Lipinski definition) is 0. The second-order valence-corrected chi connectivity index (χ2v) is 12.9. The molecule has 2 heterocycles. The van der Waals surface area contributed by atoms with Gasteiger partial charge in [0.25, 0.3) is 0 Å². The van der Waals surface area contributed by atoms with E-state index < -0.39 is 0 Å². The molecule has 0 amide bonds. The van der Waals surface area contributed by atoms with Crippen LogP contribution in [0.25, 0.3) is 49.4 Å². The molecule has 0 saturated heterocycles. The van der Waals surface area contributed by atoms with Gasteiger partial charge in [0, 0.05) is 33.5 Å². The molecule has 0 aliphatic carbocycles. The Hall–Kier alpha value is -7.04. The molecule has 10 aromatic rings. The maximum atomic E-state index is 7.16. The maximum Gasteiger partial charge on any atom is 0.161 e. The fraction of sp³-hybridized carbons (Fsp3) is 0. The van der Waals surface area contributed by atoms with Gasteiger partial charge < -0.3 is 18.8 Å². The Morgan fingerprint density at radius 1 is 0.346 bits per heavy atom. The number of para-hydroxylation sites is 6. The molecule has 246 valence electrons. The molecule has 0 atom stereocenters. The van der Waals surface area contributed by atoms with Crippen LogP contribution in [0.1, 0.15) is 0 Å². The van der Waals surface area contributed by atoms with Crippen LogP contribution < -0.4 is 9.80 Å². The van der Waals surface area contributed by atoms with Crippen molar-refractivity contribution in [1.29, 1.82) is 0 Å². The Balaban J connectivity index is 1.37. The lowest BCUT2D eigenvalue weighted by Crippen LogP contribution is -2.12. The minimum atomic E-state index is 0.819. The molecule has 2 aromatic heterocycles. The third-order valence-electron chi connectivity index (χ3n) is 9.94. The summed E-state index contributed by atoms with van der Waals surface area (Å²) < 4.78 is 9.52. The zero-order valence-electron chi connectivity index (χ0n) is 28.3. The minimum Gasteiger partial charge on any atom is -0.454 e. The highest BCUT2D eigenvalue weighted by Gasteiger charge is 2.27. The maximum absolute atomic E-state index is 7.16. The molecule has 4 nitrogen and oxygen atoms in total. The monoisotopic (exact) mass is 667 g/mol. The van der Waals surface area contributed by atoms with Crippen molar-refractivity contribution in [2.75, 3.05) is 9.80 Å². The molecule has 0 N–H and O–H groups in total. The number of nitrogens with zero attached hydrogens (tertiary/aromatic N) is 3. The van der Waals surface area contributed by atoms with Gasteiger partial charge in [-0.3, -0.25) is 0 Å². The fourth-order valence-electron chi connectivity index (χ4n) is 7.77. The van der Waals surface area contributed by atoms with Crippen LogP contribution in [0.15, 0.2) is 205 Å². The molecule has 0 radical (unpaired) electrons. The van der Waals surface area contributed by atoms with Crippen molar-refractivity contribution in [3.05, 3.63) is 200 Å². The molecule has 0 fully saturated rings. The van der Waals surface area contributed by atoms with E-state index in [0.717, 1.165) is 72.8 Å². The summed E-state index contributed by atoms with van der Waals surface area (Å²) in [4.78, 5) is 4.68. The Morgan fingerprint density at radius 3 is 1.25 bits per heavy atom. The van der Waals surface area contributed by atoms with Gasteiger partial charge in [-0.2, -0.15) is 0 Å².